The first-order valence-corrected chi connectivity index (χ1v) is 11.9. The number of thioether (sulfide) groups is 1. The molecule has 0 aliphatic rings. The van der Waals surface area contributed by atoms with Crippen molar-refractivity contribution in [3.05, 3.63) is 89.0 Å². The zero-order valence-electron chi connectivity index (χ0n) is 18.9. The molecule has 0 N–H and O–H groups in total. The summed E-state index contributed by atoms with van der Waals surface area (Å²) in [6.07, 6.45) is 3.40. The van der Waals surface area contributed by atoms with Crippen LogP contribution in [0.15, 0.2) is 72.1 Å². The van der Waals surface area contributed by atoms with Crippen molar-refractivity contribution in [1.29, 1.82) is 0 Å². The third-order valence-electron chi connectivity index (χ3n) is 5.33. The van der Waals surface area contributed by atoms with Crippen molar-refractivity contribution in [2.24, 2.45) is 0 Å². The predicted octanol–water partition coefficient (Wildman–Crippen LogP) is 5.57. The lowest BCUT2D eigenvalue weighted by Crippen LogP contribution is -2.33. The number of benzene rings is 2. The highest BCUT2D eigenvalue weighted by Gasteiger charge is 2.25. The van der Waals surface area contributed by atoms with E-state index < -0.39 is 11.1 Å². The molecule has 1 atom stereocenters. The Kier molecular flexibility index (Phi) is 7.29. The number of hydrogen-bond acceptors (Lipinski definition) is 5. The van der Waals surface area contributed by atoms with Crippen molar-refractivity contribution in [1.82, 2.24) is 24.6 Å². The van der Waals surface area contributed by atoms with Crippen LogP contribution in [0.3, 0.4) is 0 Å². The first-order chi connectivity index (χ1) is 16.3. The van der Waals surface area contributed by atoms with Gasteiger partial charge in [0.2, 0.25) is 5.91 Å². The summed E-state index contributed by atoms with van der Waals surface area (Å²) >= 11 is 7.43. The number of aryl methyl sites for hydroxylation is 1. The van der Waals surface area contributed by atoms with Crippen LogP contribution >= 0.6 is 23.4 Å². The summed E-state index contributed by atoms with van der Waals surface area (Å²) in [6.45, 7) is 3.89. The molecule has 0 aliphatic carbocycles. The SMILES string of the molecule is Cc1ccc(-n2c(SC(C)C(=O)N(C)Cc3c(F)cccc3Cl)nnc2-c2ccncc2)cc1. The monoisotopic (exact) mass is 495 g/mol. The van der Waals surface area contributed by atoms with Crippen molar-refractivity contribution >= 4 is 29.3 Å². The molecule has 34 heavy (non-hydrogen) atoms. The van der Waals surface area contributed by atoms with E-state index in [1.807, 2.05) is 47.9 Å². The van der Waals surface area contributed by atoms with Gasteiger partial charge in [-0.25, -0.2) is 4.39 Å². The molecule has 0 fully saturated rings. The minimum Gasteiger partial charge on any atom is -0.340 e. The van der Waals surface area contributed by atoms with Crippen molar-refractivity contribution in [3.8, 4) is 17.1 Å². The third kappa shape index (κ3) is 5.13. The number of hydrogen-bond donors (Lipinski definition) is 0. The lowest BCUT2D eigenvalue weighted by atomic mass is 10.2. The van der Waals surface area contributed by atoms with E-state index in [-0.39, 0.29) is 12.5 Å². The van der Waals surface area contributed by atoms with Crippen LogP contribution in [0, 0.1) is 12.7 Å². The molecule has 0 spiro atoms. The molecule has 2 aromatic heterocycles. The molecule has 4 aromatic rings. The molecule has 2 heterocycles. The van der Waals surface area contributed by atoms with Gasteiger partial charge in [0.05, 0.1) is 5.25 Å². The summed E-state index contributed by atoms with van der Waals surface area (Å²) in [7, 11) is 1.63. The summed E-state index contributed by atoms with van der Waals surface area (Å²) in [6, 6.07) is 16.2. The van der Waals surface area contributed by atoms with Gasteiger partial charge in [0.25, 0.3) is 0 Å². The Morgan fingerprint density at radius 1 is 1.12 bits per heavy atom. The topological polar surface area (TPSA) is 63.9 Å². The first-order valence-electron chi connectivity index (χ1n) is 10.6. The highest BCUT2D eigenvalue weighted by molar-refractivity contribution is 8.00. The van der Waals surface area contributed by atoms with Gasteiger partial charge in [-0.05, 0) is 50.2 Å². The van der Waals surface area contributed by atoms with Crippen LogP contribution in [0.1, 0.15) is 18.1 Å². The van der Waals surface area contributed by atoms with Crippen molar-refractivity contribution < 1.29 is 9.18 Å². The summed E-state index contributed by atoms with van der Waals surface area (Å²) in [4.78, 5) is 18.7. The number of pyridine rings is 1. The number of nitrogens with zero attached hydrogens (tertiary/aromatic N) is 5. The molecule has 2 aromatic carbocycles. The maximum Gasteiger partial charge on any atom is 0.235 e. The summed E-state index contributed by atoms with van der Waals surface area (Å²) < 4.78 is 16.1. The van der Waals surface area contributed by atoms with Gasteiger partial charge in [0, 0.05) is 47.8 Å². The highest BCUT2D eigenvalue weighted by atomic mass is 35.5. The van der Waals surface area contributed by atoms with E-state index in [1.165, 1.54) is 22.7 Å². The van der Waals surface area contributed by atoms with Crippen LogP contribution in [-0.2, 0) is 11.3 Å². The molecular weight excluding hydrogens is 473 g/mol. The number of aromatic nitrogens is 4. The Morgan fingerprint density at radius 3 is 2.50 bits per heavy atom. The zero-order chi connectivity index (χ0) is 24.2. The van der Waals surface area contributed by atoms with Crippen molar-refractivity contribution in [2.45, 2.75) is 30.8 Å². The third-order valence-corrected chi connectivity index (χ3v) is 6.71. The van der Waals surface area contributed by atoms with E-state index in [2.05, 4.69) is 15.2 Å². The van der Waals surface area contributed by atoms with E-state index >= 15 is 0 Å². The molecule has 0 aliphatic heterocycles. The van der Waals surface area contributed by atoms with Gasteiger partial charge in [0.15, 0.2) is 11.0 Å². The number of amides is 1. The van der Waals surface area contributed by atoms with E-state index in [0.717, 1.165) is 16.8 Å². The Hall–Kier alpha value is -3.23. The van der Waals surface area contributed by atoms with Crippen molar-refractivity contribution in [3.63, 3.8) is 0 Å². The van der Waals surface area contributed by atoms with E-state index in [0.29, 0.717) is 21.6 Å². The summed E-state index contributed by atoms with van der Waals surface area (Å²) in [5, 5.41) is 9.17. The van der Waals surface area contributed by atoms with Crippen molar-refractivity contribution in [2.75, 3.05) is 7.05 Å². The maximum absolute atomic E-state index is 14.2. The molecule has 0 bridgehead atoms. The number of halogens is 2. The molecular formula is C25H23ClFN5OS. The lowest BCUT2D eigenvalue weighted by molar-refractivity contribution is -0.129. The number of carbonyl (C=O) groups is 1. The second-order valence-electron chi connectivity index (χ2n) is 7.87. The van der Waals surface area contributed by atoms with Gasteiger partial charge in [-0.3, -0.25) is 14.3 Å². The van der Waals surface area contributed by atoms with Crippen LogP contribution < -0.4 is 0 Å². The smallest absolute Gasteiger partial charge is 0.235 e. The fraction of sp³-hybridized carbons (Fsp3) is 0.200. The van der Waals surface area contributed by atoms with Gasteiger partial charge in [-0.15, -0.1) is 10.2 Å². The highest BCUT2D eigenvalue weighted by Crippen LogP contribution is 2.31. The zero-order valence-corrected chi connectivity index (χ0v) is 20.5. The maximum atomic E-state index is 14.2. The molecule has 0 saturated carbocycles. The predicted molar refractivity (Wildman–Crippen MR) is 133 cm³/mol. The number of rotatable bonds is 7. The minimum absolute atomic E-state index is 0.0716. The van der Waals surface area contributed by atoms with Gasteiger partial charge >= 0.3 is 0 Å². The molecule has 6 nitrogen and oxygen atoms in total. The molecule has 174 valence electrons. The number of carbonyl (C=O) groups excluding carboxylic acids is 1. The molecule has 1 unspecified atom stereocenters. The fourth-order valence-corrected chi connectivity index (χ4v) is 4.68. The van der Waals surface area contributed by atoms with E-state index in [1.54, 1.807) is 38.5 Å². The fourth-order valence-electron chi connectivity index (χ4n) is 3.48. The average Bonchev–Trinajstić information content (AvgIpc) is 3.25. The first kappa shape index (κ1) is 23.9. The summed E-state index contributed by atoms with van der Waals surface area (Å²) in [5.41, 5.74) is 3.17. The Morgan fingerprint density at radius 2 is 1.82 bits per heavy atom. The quantitative estimate of drug-likeness (QED) is 0.314. The second kappa shape index (κ2) is 10.4. The molecule has 0 radical (unpaired) electrons. The molecule has 4 rings (SSSR count). The van der Waals surface area contributed by atoms with Crippen LogP contribution in [0.4, 0.5) is 4.39 Å². The lowest BCUT2D eigenvalue weighted by Gasteiger charge is -2.22. The van der Waals surface area contributed by atoms with Gasteiger partial charge in [0.1, 0.15) is 5.82 Å². The Labute approximate surface area is 206 Å². The second-order valence-corrected chi connectivity index (χ2v) is 9.58. The van der Waals surface area contributed by atoms with Crippen LogP contribution in [0.25, 0.3) is 17.1 Å². The van der Waals surface area contributed by atoms with Crippen LogP contribution in [0.5, 0.6) is 0 Å². The standard InChI is InChI=1S/C25H23ClFN5OS/c1-16-7-9-19(10-8-16)32-23(18-11-13-28-14-12-18)29-30-25(32)34-17(2)24(33)31(3)15-20-21(26)5-4-6-22(20)27/h4-14,17H,15H2,1-3H3. The minimum atomic E-state index is -0.491. The normalized spacial score (nSPS) is 11.9. The van der Waals surface area contributed by atoms with Gasteiger partial charge in [-0.2, -0.15) is 0 Å². The van der Waals surface area contributed by atoms with Crippen LogP contribution in [0.2, 0.25) is 5.02 Å². The molecule has 9 heteroatoms. The summed E-state index contributed by atoms with van der Waals surface area (Å²) in [5.74, 6) is 0.0432. The van der Waals surface area contributed by atoms with Gasteiger partial charge < -0.3 is 4.90 Å². The van der Waals surface area contributed by atoms with E-state index in [9.17, 15) is 9.18 Å². The molecule has 1 amide bonds. The van der Waals surface area contributed by atoms with Crippen LogP contribution in [-0.4, -0.2) is 42.9 Å². The molecule has 0 saturated heterocycles. The Balaban J connectivity index is 1.61. The van der Waals surface area contributed by atoms with Gasteiger partial charge in [-0.1, -0.05) is 47.1 Å². The Bertz CT molecular complexity index is 1280. The average molecular weight is 496 g/mol. The van der Waals surface area contributed by atoms with E-state index in [4.69, 9.17) is 11.6 Å². The largest absolute Gasteiger partial charge is 0.340 e.